The summed E-state index contributed by atoms with van der Waals surface area (Å²) < 4.78 is 0. The van der Waals surface area contributed by atoms with Crippen molar-refractivity contribution >= 4 is 6.41 Å². The maximum absolute atomic E-state index is 10.4. The molecule has 0 fully saturated rings. The molecule has 0 aromatic heterocycles. The van der Waals surface area contributed by atoms with Gasteiger partial charge in [0.2, 0.25) is 6.41 Å². The molecule has 0 rings (SSSR count). The SMILES string of the molecule is CCCCCCCCCCCCCCC[C@@H](C)[C@H](CO)NC=O. The summed E-state index contributed by atoms with van der Waals surface area (Å²) in [6.45, 7) is 4.42. The summed E-state index contributed by atoms with van der Waals surface area (Å²) in [7, 11) is 0. The van der Waals surface area contributed by atoms with Crippen LogP contribution in [0.15, 0.2) is 0 Å². The molecule has 0 spiro atoms. The molecule has 0 radical (unpaired) electrons. The molecule has 3 heteroatoms. The summed E-state index contributed by atoms with van der Waals surface area (Å²) in [6.07, 6.45) is 19.6. The molecule has 0 aliphatic heterocycles. The van der Waals surface area contributed by atoms with E-state index in [1.54, 1.807) is 0 Å². The van der Waals surface area contributed by atoms with Crippen molar-refractivity contribution in [3.05, 3.63) is 0 Å². The Morgan fingerprint density at radius 2 is 1.26 bits per heavy atom. The molecule has 0 aliphatic rings. The quantitative estimate of drug-likeness (QED) is 0.268. The second-order valence-corrected chi connectivity index (χ2v) is 7.08. The normalized spacial score (nSPS) is 13.7. The summed E-state index contributed by atoms with van der Waals surface area (Å²) in [5, 5.41) is 11.9. The van der Waals surface area contributed by atoms with E-state index < -0.39 is 0 Å². The average Bonchev–Trinajstić information content (AvgIpc) is 2.56. The number of aliphatic hydroxyl groups excluding tert-OH is 1. The molecule has 2 atom stereocenters. The van der Waals surface area contributed by atoms with E-state index in [0.29, 0.717) is 12.3 Å². The third kappa shape index (κ3) is 14.7. The fraction of sp³-hybridized carbons (Fsp3) is 0.950. The van der Waals surface area contributed by atoms with Gasteiger partial charge in [0.05, 0.1) is 12.6 Å². The summed E-state index contributed by atoms with van der Waals surface area (Å²) in [5.41, 5.74) is 0. The number of hydrogen-bond donors (Lipinski definition) is 2. The number of carbonyl (C=O) groups is 1. The Kier molecular flexibility index (Phi) is 17.3. The van der Waals surface area contributed by atoms with Crippen LogP contribution in [0.4, 0.5) is 0 Å². The predicted octanol–water partition coefficient (Wildman–Crippen LogP) is 5.21. The van der Waals surface area contributed by atoms with Gasteiger partial charge in [0.1, 0.15) is 0 Å². The number of hydrogen-bond acceptors (Lipinski definition) is 2. The lowest BCUT2D eigenvalue weighted by Gasteiger charge is -2.21. The van der Waals surface area contributed by atoms with Gasteiger partial charge in [-0.15, -0.1) is 0 Å². The molecule has 0 aromatic rings. The maximum atomic E-state index is 10.4. The first-order valence-corrected chi connectivity index (χ1v) is 10.1. The highest BCUT2D eigenvalue weighted by atomic mass is 16.3. The summed E-state index contributed by atoms with van der Waals surface area (Å²) >= 11 is 0. The van der Waals surface area contributed by atoms with Crippen LogP contribution in [0.5, 0.6) is 0 Å². The van der Waals surface area contributed by atoms with Gasteiger partial charge in [-0.3, -0.25) is 4.79 Å². The van der Waals surface area contributed by atoms with E-state index in [1.165, 1.54) is 83.5 Å². The smallest absolute Gasteiger partial charge is 0.207 e. The molecule has 0 aromatic carbocycles. The number of rotatable bonds is 18. The number of carbonyl (C=O) groups excluding carboxylic acids is 1. The van der Waals surface area contributed by atoms with E-state index in [4.69, 9.17) is 0 Å². The average molecular weight is 328 g/mol. The molecular formula is C20H41NO2. The second kappa shape index (κ2) is 17.8. The topological polar surface area (TPSA) is 49.3 Å². The van der Waals surface area contributed by atoms with Crippen molar-refractivity contribution in [1.82, 2.24) is 5.32 Å². The monoisotopic (exact) mass is 327 g/mol. The Morgan fingerprint density at radius 1 is 0.826 bits per heavy atom. The first-order valence-electron chi connectivity index (χ1n) is 10.1. The third-order valence-corrected chi connectivity index (χ3v) is 4.93. The van der Waals surface area contributed by atoms with Crippen LogP contribution in [0.3, 0.4) is 0 Å². The highest BCUT2D eigenvalue weighted by molar-refractivity contribution is 5.46. The van der Waals surface area contributed by atoms with Crippen molar-refractivity contribution in [1.29, 1.82) is 0 Å². The predicted molar refractivity (Wildman–Crippen MR) is 99.5 cm³/mol. The number of amides is 1. The van der Waals surface area contributed by atoms with Crippen molar-refractivity contribution in [3.8, 4) is 0 Å². The summed E-state index contributed by atoms with van der Waals surface area (Å²) in [5.74, 6) is 0.359. The molecule has 138 valence electrons. The molecule has 0 heterocycles. The highest BCUT2D eigenvalue weighted by Gasteiger charge is 2.14. The zero-order valence-corrected chi connectivity index (χ0v) is 15.7. The van der Waals surface area contributed by atoms with Gasteiger partial charge < -0.3 is 10.4 Å². The van der Waals surface area contributed by atoms with Crippen molar-refractivity contribution in [2.45, 2.75) is 110 Å². The van der Waals surface area contributed by atoms with E-state index in [-0.39, 0.29) is 12.6 Å². The van der Waals surface area contributed by atoms with Crippen LogP contribution in [0.1, 0.15) is 104 Å². The standard InChI is InChI=1S/C20H41NO2/c1-3-4-5-6-7-8-9-10-11-12-13-14-15-16-19(2)20(17-22)21-18-23/h18-20,22H,3-17H2,1-2H3,(H,21,23)/t19-,20+/m1/s1. The van der Waals surface area contributed by atoms with Gasteiger partial charge in [-0.2, -0.15) is 0 Å². The third-order valence-electron chi connectivity index (χ3n) is 4.93. The molecular weight excluding hydrogens is 286 g/mol. The fourth-order valence-corrected chi connectivity index (χ4v) is 3.17. The van der Waals surface area contributed by atoms with Crippen molar-refractivity contribution < 1.29 is 9.90 Å². The Hall–Kier alpha value is -0.570. The van der Waals surface area contributed by atoms with Gasteiger partial charge >= 0.3 is 0 Å². The largest absolute Gasteiger partial charge is 0.394 e. The molecule has 23 heavy (non-hydrogen) atoms. The Morgan fingerprint density at radius 3 is 1.65 bits per heavy atom. The first-order chi connectivity index (χ1) is 11.3. The van der Waals surface area contributed by atoms with Crippen LogP contribution >= 0.6 is 0 Å². The lowest BCUT2D eigenvalue weighted by Crippen LogP contribution is -2.37. The summed E-state index contributed by atoms with van der Waals surface area (Å²) in [4.78, 5) is 10.4. The van der Waals surface area contributed by atoms with Crippen LogP contribution in [0.2, 0.25) is 0 Å². The molecule has 0 aliphatic carbocycles. The Balaban J connectivity index is 3.25. The van der Waals surface area contributed by atoms with Crippen molar-refractivity contribution in [3.63, 3.8) is 0 Å². The second-order valence-electron chi connectivity index (χ2n) is 7.08. The van der Waals surface area contributed by atoms with Crippen molar-refractivity contribution in [2.24, 2.45) is 5.92 Å². The van der Waals surface area contributed by atoms with Crippen LogP contribution in [0, 0.1) is 5.92 Å². The Bertz CT molecular complexity index is 246. The molecule has 0 unspecified atom stereocenters. The zero-order chi connectivity index (χ0) is 17.2. The zero-order valence-electron chi connectivity index (χ0n) is 15.7. The lowest BCUT2D eigenvalue weighted by atomic mass is 9.95. The molecule has 2 N–H and O–H groups in total. The molecule has 0 saturated heterocycles. The first kappa shape index (κ1) is 22.4. The van der Waals surface area contributed by atoms with Gasteiger partial charge in [-0.05, 0) is 12.3 Å². The maximum Gasteiger partial charge on any atom is 0.207 e. The Labute approximate surface area is 144 Å². The summed E-state index contributed by atoms with van der Waals surface area (Å²) in [6, 6.07) is -0.0789. The van der Waals surface area contributed by atoms with E-state index in [1.807, 2.05) is 0 Å². The van der Waals surface area contributed by atoms with Gasteiger partial charge in [-0.1, -0.05) is 97.3 Å². The molecule has 0 bridgehead atoms. The van der Waals surface area contributed by atoms with E-state index in [9.17, 15) is 9.90 Å². The fourth-order valence-electron chi connectivity index (χ4n) is 3.17. The molecule has 1 amide bonds. The molecule has 0 saturated carbocycles. The van der Waals surface area contributed by atoms with Gasteiger partial charge in [0.15, 0.2) is 0 Å². The molecule has 3 nitrogen and oxygen atoms in total. The van der Waals surface area contributed by atoms with E-state index in [2.05, 4.69) is 19.2 Å². The van der Waals surface area contributed by atoms with E-state index >= 15 is 0 Å². The van der Waals surface area contributed by atoms with Crippen LogP contribution in [-0.2, 0) is 4.79 Å². The number of nitrogens with one attached hydrogen (secondary N) is 1. The van der Waals surface area contributed by atoms with Crippen LogP contribution in [-0.4, -0.2) is 24.2 Å². The van der Waals surface area contributed by atoms with Crippen LogP contribution < -0.4 is 5.32 Å². The van der Waals surface area contributed by atoms with Crippen molar-refractivity contribution in [2.75, 3.05) is 6.61 Å². The van der Waals surface area contributed by atoms with Crippen LogP contribution in [0.25, 0.3) is 0 Å². The lowest BCUT2D eigenvalue weighted by molar-refractivity contribution is -0.110. The highest BCUT2D eigenvalue weighted by Crippen LogP contribution is 2.16. The minimum absolute atomic E-state index is 0.0400. The van der Waals surface area contributed by atoms with Gasteiger partial charge in [0.25, 0.3) is 0 Å². The van der Waals surface area contributed by atoms with Gasteiger partial charge in [0, 0.05) is 0 Å². The van der Waals surface area contributed by atoms with Gasteiger partial charge in [-0.25, -0.2) is 0 Å². The van der Waals surface area contributed by atoms with E-state index in [0.717, 1.165) is 6.42 Å². The minimum atomic E-state index is -0.0789. The number of unbranched alkanes of at least 4 members (excludes halogenated alkanes) is 12. The number of aliphatic hydroxyl groups is 1. The minimum Gasteiger partial charge on any atom is -0.394 e.